The standard InChI is InChI=1S/C34H39N3O5S/c1-20-6-11-30(41-18-25-8-7-22(13-21(25)2)32(38)36-16-26-9-10-27(17-36)42-26)28(12-20)29-19-43-34(35-29)37-14-23-4-3-5-24(15-37)31(23)33(39)40/h6-8,11-13,19,23-24,26-27,31H,3-5,9-10,14-18H2,1-2H3,(H,39,40)/t23-,24+,26-,27+,31+. The van der Waals surface area contributed by atoms with Crippen LogP contribution in [-0.4, -0.2) is 65.3 Å². The molecule has 3 aliphatic heterocycles. The van der Waals surface area contributed by atoms with Crippen molar-refractivity contribution in [2.45, 2.75) is 64.8 Å². The molecule has 4 heterocycles. The van der Waals surface area contributed by atoms with E-state index in [1.807, 2.05) is 42.2 Å². The molecule has 1 N–H and O–H groups in total. The fraction of sp³-hybridized carbons (Fsp3) is 0.500. The van der Waals surface area contributed by atoms with Gasteiger partial charge < -0.3 is 24.4 Å². The number of carbonyl (C=O) groups is 2. The van der Waals surface area contributed by atoms with Crippen LogP contribution >= 0.6 is 11.3 Å². The number of benzene rings is 2. The van der Waals surface area contributed by atoms with Crippen LogP contribution in [0.5, 0.6) is 5.75 Å². The van der Waals surface area contributed by atoms with Gasteiger partial charge in [-0.2, -0.15) is 0 Å². The third kappa shape index (κ3) is 5.65. The number of ether oxygens (including phenoxy) is 2. The van der Waals surface area contributed by atoms with E-state index in [-0.39, 0.29) is 35.9 Å². The Kier molecular flexibility index (Phi) is 7.63. The second-order valence-corrected chi connectivity index (χ2v) is 13.7. The van der Waals surface area contributed by atoms with E-state index in [1.165, 1.54) is 0 Å². The Morgan fingerprint density at radius 3 is 2.44 bits per heavy atom. The summed E-state index contributed by atoms with van der Waals surface area (Å²) in [5, 5.41) is 12.8. The molecule has 7 rings (SSSR count). The van der Waals surface area contributed by atoms with E-state index in [4.69, 9.17) is 14.5 Å². The van der Waals surface area contributed by atoms with Crippen LogP contribution in [0.3, 0.4) is 0 Å². The lowest BCUT2D eigenvalue weighted by Gasteiger charge is -2.45. The molecule has 1 amide bonds. The summed E-state index contributed by atoms with van der Waals surface area (Å²) in [4.78, 5) is 34.4. The molecule has 226 valence electrons. The topological polar surface area (TPSA) is 92.2 Å². The van der Waals surface area contributed by atoms with Crippen molar-refractivity contribution in [2.75, 3.05) is 31.1 Å². The fourth-order valence-electron chi connectivity index (χ4n) is 7.61. The van der Waals surface area contributed by atoms with E-state index in [9.17, 15) is 14.7 Å². The molecule has 1 aromatic heterocycles. The summed E-state index contributed by atoms with van der Waals surface area (Å²) in [6, 6.07) is 12.1. The first-order valence-electron chi connectivity index (χ1n) is 15.5. The molecule has 0 radical (unpaired) electrons. The van der Waals surface area contributed by atoms with E-state index in [0.717, 1.165) is 84.0 Å². The Hall–Kier alpha value is -3.43. The number of rotatable bonds is 7. The first kappa shape index (κ1) is 28.3. The molecule has 0 spiro atoms. The predicted molar refractivity (Wildman–Crippen MR) is 166 cm³/mol. The van der Waals surface area contributed by atoms with Gasteiger partial charge in [-0.05, 0) is 86.8 Å². The number of nitrogens with zero attached hydrogens (tertiary/aromatic N) is 3. The van der Waals surface area contributed by atoms with Crippen LogP contribution in [0.2, 0.25) is 0 Å². The van der Waals surface area contributed by atoms with Crippen LogP contribution in [0.25, 0.3) is 11.3 Å². The van der Waals surface area contributed by atoms with E-state index >= 15 is 0 Å². The highest BCUT2D eigenvalue weighted by Gasteiger charge is 2.44. The second kappa shape index (κ2) is 11.6. The van der Waals surface area contributed by atoms with E-state index in [2.05, 4.69) is 23.3 Å². The third-order valence-corrected chi connectivity index (χ3v) is 10.7. The Labute approximate surface area is 256 Å². The van der Waals surface area contributed by atoms with Gasteiger partial charge in [-0.1, -0.05) is 24.1 Å². The maximum Gasteiger partial charge on any atom is 0.307 e. The number of anilines is 1. The summed E-state index contributed by atoms with van der Waals surface area (Å²) in [6.07, 6.45) is 5.50. The van der Waals surface area contributed by atoms with Crippen molar-refractivity contribution in [1.29, 1.82) is 0 Å². The maximum atomic E-state index is 13.2. The zero-order valence-electron chi connectivity index (χ0n) is 24.8. The van der Waals surface area contributed by atoms with Crippen LogP contribution in [0.15, 0.2) is 41.8 Å². The summed E-state index contributed by atoms with van der Waals surface area (Å²) in [7, 11) is 0. The number of amides is 1. The van der Waals surface area contributed by atoms with Crippen molar-refractivity contribution in [3.63, 3.8) is 0 Å². The maximum absolute atomic E-state index is 13.2. The monoisotopic (exact) mass is 601 g/mol. The highest BCUT2D eigenvalue weighted by atomic mass is 32.1. The number of carboxylic acid groups (broad SMARTS) is 1. The van der Waals surface area contributed by atoms with Crippen molar-refractivity contribution in [2.24, 2.45) is 17.8 Å². The van der Waals surface area contributed by atoms with Crippen LogP contribution in [-0.2, 0) is 16.1 Å². The second-order valence-electron chi connectivity index (χ2n) is 12.8. The van der Waals surface area contributed by atoms with Crippen LogP contribution in [0, 0.1) is 31.6 Å². The number of hydrogen-bond donors (Lipinski definition) is 1. The molecule has 43 heavy (non-hydrogen) atoms. The molecule has 4 bridgehead atoms. The van der Waals surface area contributed by atoms with Gasteiger partial charge >= 0.3 is 5.97 Å². The van der Waals surface area contributed by atoms with Crippen molar-refractivity contribution in [1.82, 2.24) is 9.88 Å². The number of piperidine rings is 1. The molecular formula is C34H39N3O5S. The summed E-state index contributed by atoms with van der Waals surface area (Å²) in [5.41, 5.74) is 5.74. The third-order valence-electron chi connectivity index (χ3n) is 9.84. The lowest BCUT2D eigenvalue weighted by Crippen LogP contribution is -2.51. The summed E-state index contributed by atoms with van der Waals surface area (Å²) < 4.78 is 12.3. The fourth-order valence-corrected chi connectivity index (χ4v) is 8.45. The smallest absolute Gasteiger partial charge is 0.307 e. The number of aromatic nitrogens is 1. The minimum atomic E-state index is -0.643. The van der Waals surface area contributed by atoms with Gasteiger partial charge in [0, 0.05) is 42.7 Å². The Bertz CT molecular complexity index is 1510. The van der Waals surface area contributed by atoms with Gasteiger partial charge in [0.15, 0.2) is 5.13 Å². The molecule has 3 aromatic rings. The normalized spacial score (nSPS) is 26.4. The highest BCUT2D eigenvalue weighted by molar-refractivity contribution is 7.14. The van der Waals surface area contributed by atoms with Crippen molar-refractivity contribution in [3.05, 3.63) is 64.0 Å². The van der Waals surface area contributed by atoms with Crippen LogP contribution in [0.1, 0.15) is 59.2 Å². The van der Waals surface area contributed by atoms with Crippen LogP contribution in [0.4, 0.5) is 5.13 Å². The lowest BCUT2D eigenvalue weighted by atomic mass is 9.69. The largest absolute Gasteiger partial charge is 0.488 e. The molecular weight excluding hydrogens is 562 g/mol. The first-order valence-corrected chi connectivity index (χ1v) is 16.4. The summed E-state index contributed by atoms with van der Waals surface area (Å²) in [6.45, 7) is 7.35. The van der Waals surface area contributed by atoms with Gasteiger partial charge in [0.05, 0.1) is 23.8 Å². The Morgan fingerprint density at radius 2 is 1.74 bits per heavy atom. The van der Waals surface area contributed by atoms with Gasteiger partial charge in [-0.15, -0.1) is 11.3 Å². The van der Waals surface area contributed by atoms with E-state index in [0.29, 0.717) is 25.3 Å². The van der Waals surface area contributed by atoms with Gasteiger partial charge in [0.1, 0.15) is 12.4 Å². The van der Waals surface area contributed by atoms with Crippen molar-refractivity contribution < 1.29 is 24.2 Å². The average Bonchev–Trinajstić information content (AvgIpc) is 3.62. The number of hydrogen-bond acceptors (Lipinski definition) is 7. The number of aryl methyl sites for hydroxylation is 2. The number of fused-ring (bicyclic) bond motifs is 4. The Balaban J connectivity index is 1.05. The molecule has 2 aromatic carbocycles. The number of carbonyl (C=O) groups excluding carboxylic acids is 1. The zero-order valence-corrected chi connectivity index (χ0v) is 25.6. The van der Waals surface area contributed by atoms with Gasteiger partial charge in [-0.25, -0.2) is 4.98 Å². The minimum absolute atomic E-state index is 0.0757. The summed E-state index contributed by atoms with van der Waals surface area (Å²) >= 11 is 1.62. The zero-order chi connectivity index (χ0) is 29.7. The van der Waals surface area contributed by atoms with E-state index in [1.54, 1.807) is 11.3 Å². The predicted octanol–water partition coefficient (Wildman–Crippen LogP) is 5.95. The number of aliphatic carboxylic acids is 1. The molecule has 4 aliphatic rings. The van der Waals surface area contributed by atoms with Crippen molar-refractivity contribution in [3.8, 4) is 17.0 Å². The van der Waals surface area contributed by atoms with Crippen molar-refractivity contribution >= 4 is 28.3 Å². The van der Waals surface area contributed by atoms with Gasteiger partial charge in [-0.3, -0.25) is 9.59 Å². The Morgan fingerprint density at radius 1 is 1.00 bits per heavy atom. The molecule has 1 saturated carbocycles. The first-order chi connectivity index (χ1) is 20.8. The molecule has 1 aliphatic carbocycles. The van der Waals surface area contributed by atoms with Crippen LogP contribution < -0.4 is 9.64 Å². The van der Waals surface area contributed by atoms with E-state index < -0.39 is 5.97 Å². The summed E-state index contributed by atoms with van der Waals surface area (Å²) in [5.74, 6) is 0.342. The lowest BCUT2D eigenvalue weighted by molar-refractivity contribution is -0.148. The molecule has 4 fully saturated rings. The molecule has 8 nitrogen and oxygen atoms in total. The quantitative estimate of drug-likeness (QED) is 0.358. The minimum Gasteiger partial charge on any atom is -0.488 e. The van der Waals surface area contributed by atoms with Gasteiger partial charge in [0.25, 0.3) is 5.91 Å². The van der Waals surface area contributed by atoms with Gasteiger partial charge in [0.2, 0.25) is 0 Å². The number of carboxylic acids is 1. The average molecular weight is 602 g/mol. The molecule has 0 unspecified atom stereocenters. The molecule has 3 saturated heterocycles. The number of thiazole rings is 1. The number of likely N-dealkylation sites (tertiary alicyclic amines) is 1. The number of morpholine rings is 1. The molecule has 9 heteroatoms. The SMILES string of the molecule is Cc1ccc(OCc2ccc(C(=O)N3C[C@H]4CC[C@@H](C3)O4)cc2C)c(-c2csc(N3C[C@H]4CCC[C@@H](C3)[C@H]4C(=O)O)n2)c1. The highest BCUT2D eigenvalue weighted by Crippen LogP contribution is 2.43. The molecule has 5 atom stereocenters.